The zero-order valence-corrected chi connectivity index (χ0v) is 11.1. The van der Waals surface area contributed by atoms with E-state index in [0.717, 1.165) is 0 Å². The summed E-state index contributed by atoms with van der Waals surface area (Å²) in [5, 5.41) is 14.5. The molecule has 5 N–H and O–H groups in total. The smallest absolute Gasteiger partial charge is 0.240 e. The highest BCUT2D eigenvalue weighted by Crippen LogP contribution is 2.31. The maximum atomic E-state index is 11.4. The van der Waals surface area contributed by atoms with Gasteiger partial charge in [-0.3, -0.25) is 0 Å². The summed E-state index contributed by atoms with van der Waals surface area (Å²) in [5.41, 5.74) is 6.55. The molecule has 1 fully saturated rings. The molecule has 7 nitrogen and oxygen atoms in total. The summed E-state index contributed by atoms with van der Waals surface area (Å²) in [5.74, 6) is 0. The number of hydrogen-bond acceptors (Lipinski definition) is 6. The minimum absolute atomic E-state index is 0.0982. The van der Waals surface area contributed by atoms with Crippen molar-refractivity contribution >= 4 is 21.4 Å². The molecular formula is C11H17N3O4S. The van der Waals surface area contributed by atoms with Crippen LogP contribution in [0.2, 0.25) is 0 Å². The van der Waals surface area contributed by atoms with E-state index >= 15 is 0 Å². The number of nitrogens with zero attached hydrogens (tertiary/aromatic N) is 1. The van der Waals surface area contributed by atoms with E-state index in [0.29, 0.717) is 25.4 Å². The Balaban J connectivity index is 2.45. The average molecular weight is 287 g/mol. The first-order chi connectivity index (χ1) is 8.95. The minimum Gasteiger partial charge on any atom is -0.396 e. The van der Waals surface area contributed by atoms with Gasteiger partial charge in [-0.05, 0) is 12.1 Å². The number of primary sulfonamides is 1. The van der Waals surface area contributed by atoms with E-state index in [1.807, 2.05) is 4.90 Å². The normalized spacial score (nSPS) is 20.5. The first-order valence-electron chi connectivity index (χ1n) is 5.81. The van der Waals surface area contributed by atoms with Crippen molar-refractivity contribution in [3.8, 4) is 0 Å². The van der Waals surface area contributed by atoms with E-state index in [4.69, 9.17) is 15.6 Å². The number of para-hydroxylation sites is 1. The number of hydrogen-bond donors (Lipinski definition) is 3. The monoisotopic (exact) mass is 287 g/mol. The molecule has 19 heavy (non-hydrogen) atoms. The standard InChI is InChI=1S/C11H17N3O4S/c12-11-9(2-1-3-10(11)19(13,16)17)14-4-5-18-7-8(14)6-15/h1-3,8,15H,4-7,12H2,(H2,13,16,17). The van der Waals surface area contributed by atoms with Gasteiger partial charge in [0.2, 0.25) is 10.0 Å². The fraction of sp³-hybridized carbons (Fsp3) is 0.455. The molecule has 1 aromatic carbocycles. The van der Waals surface area contributed by atoms with Crippen molar-refractivity contribution in [2.75, 3.05) is 37.0 Å². The van der Waals surface area contributed by atoms with Crippen LogP contribution in [0.4, 0.5) is 11.4 Å². The number of benzene rings is 1. The number of nitrogen functional groups attached to an aromatic ring is 1. The van der Waals surface area contributed by atoms with Gasteiger partial charge in [0.25, 0.3) is 0 Å². The van der Waals surface area contributed by atoms with Gasteiger partial charge in [0.1, 0.15) is 4.90 Å². The molecular weight excluding hydrogens is 270 g/mol. The van der Waals surface area contributed by atoms with Gasteiger partial charge in [-0.25, -0.2) is 13.6 Å². The molecule has 0 amide bonds. The van der Waals surface area contributed by atoms with Crippen molar-refractivity contribution < 1.29 is 18.3 Å². The molecule has 0 saturated carbocycles. The predicted molar refractivity (Wildman–Crippen MR) is 71.3 cm³/mol. The highest BCUT2D eigenvalue weighted by molar-refractivity contribution is 7.89. The van der Waals surface area contributed by atoms with Crippen molar-refractivity contribution in [2.45, 2.75) is 10.9 Å². The van der Waals surface area contributed by atoms with Gasteiger partial charge in [0.05, 0.1) is 37.2 Å². The van der Waals surface area contributed by atoms with Crippen LogP contribution in [-0.4, -0.2) is 45.9 Å². The number of ether oxygens (including phenoxy) is 1. The van der Waals surface area contributed by atoms with Crippen molar-refractivity contribution in [1.29, 1.82) is 0 Å². The molecule has 1 saturated heterocycles. The number of morpholine rings is 1. The van der Waals surface area contributed by atoms with E-state index in [1.165, 1.54) is 6.07 Å². The Morgan fingerprint density at radius 1 is 1.47 bits per heavy atom. The fourth-order valence-electron chi connectivity index (χ4n) is 2.15. The Kier molecular flexibility index (Phi) is 3.95. The van der Waals surface area contributed by atoms with Crippen molar-refractivity contribution in [3.63, 3.8) is 0 Å². The average Bonchev–Trinajstić information content (AvgIpc) is 2.37. The van der Waals surface area contributed by atoms with Crippen LogP contribution in [0.5, 0.6) is 0 Å². The maximum absolute atomic E-state index is 11.4. The number of aliphatic hydroxyl groups excluding tert-OH is 1. The molecule has 1 unspecified atom stereocenters. The van der Waals surface area contributed by atoms with Crippen LogP contribution in [-0.2, 0) is 14.8 Å². The number of rotatable bonds is 3. The number of aliphatic hydroxyl groups is 1. The van der Waals surface area contributed by atoms with Crippen LogP contribution in [0.1, 0.15) is 0 Å². The predicted octanol–water partition coefficient (Wildman–Crippen LogP) is -0.886. The molecule has 106 valence electrons. The lowest BCUT2D eigenvalue weighted by atomic mass is 10.1. The molecule has 1 aliphatic heterocycles. The molecule has 0 radical (unpaired) electrons. The summed E-state index contributed by atoms with van der Waals surface area (Å²) in [6.07, 6.45) is 0. The molecule has 0 aliphatic carbocycles. The lowest BCUT2D eigenvalue weighted by Crippen LogP contribution is -2.48. The van der Waals surface area contributed by atoms with Gasteiger partial charge in [0, 0.05) is 6.54 Å². The Morgan fingerprint density at radius 3 is 2.84 bits per heavy atom. The van der Waals surface area contributed by atoms with Crippen LogP contribution >= 0.6 is 0 Å². The maximum Gasteiger partial charge on any atom is 0.240 e. The lowest BCUT2D eigenvalue weighted by Gasteiger charge is -2.37. The van der Waals surface area contributed by atoms with Gasteiger partial charge >= 0.3 is 0 Å². The second kappa shape index (κ2) is 5.33. The SMILES string of the molecule is Nc1c(N2CCOCC2CO)cccc1S(N)(=O)=O. The van der Waals surface area contributed by atoms with Crippen molar-refractivity contribution in [3.05, 3.63) is 18.2 Å². The third kappa shape index (κ3) is 2.81. The van der Waals surface area contributed by atoms with E-state index in [9.17, 15) is 13.5 Å². The van der Waals surface area contributed by atoms with Gasteiger partial charge in [-0.1, -0.05) is 6.07 Å². The topological polar surface area (TPSA) is 119 Å². The van der Waals surface area contributed by atoms with Crippen LogP contribution in [0.25, 0.3) is 0 Å². The summed E-state index contributed by atoms with van der Waals surface area (Å²) in [6, 6.07) is 4.40. The Labute approximate surface area is 111 Å². The van der Waals surface area contributed by atoms with E-state index < -0.39 is 10.0 Å². The Morgan fingerprint density at radius 2 is 2.21 bits per heavy atom. The molecule has 0 aromatic heterocycles. The molecule has 1 aromatic rings. The first-order valence-corrected chi connectivity index (χ1v) is 7.36. The quantitative estimate of drug-likeness (QED) is 0.621. The van der Waals surface area contributed by atoms with Crippen molar-refractivity contribution in [1.82, 2.24) is 0 Å². The third-order valence-corrected chi connectivity index (χ3v) is 4.07. The lowest BCUT2D eigenvalue weighted by molar-refractivity contribution is 0.0728. The number of nitrogens with two attached hydrogens (primary N) is 2. The second-order valence-corrected chi connectivity index (χ2v) is 5.87. The van der Waals surface area contributed by atoms with Gasteiger partial charge < -0.3 is 20.5 Å². The highest BCUT2D eigenvalue weighted by atomic mass is 32.2. The van der Waals surface area contributed by atoms with E-state index in [-0.39, 0.29) is 23.2 Å². The molecule has 0 spiro atoms. The Hall–Kier alpha value is -1.35. The summed E-state index contributed by atoms with van der Waals surface area (Å²) in [7, 11) is -3.86. The molecule has 1 heterocycles. The molecule has 1 aliphatic rings. The van der Waals surface area contributed by atoms with E-state index in [1.54, 1.807) is 12.1 Å². The van der Waals surface area contributed by atoms with Crippen LogP contribution in [0.3, 0.4) is 0 Å². The number of sulfonamides is 1. The van der Waals surface area contributed by atoms with Gasteiger partial charge in [-0.2, -0.15) is 0 Å². The fourth-order valence-corrected chi connectivity index (χ4v) is 2.83. The van der Waals surface area contributed by atoms with Crippen LogP contribution < -0.4 is 15.8 Å². The molecule has 8 heteroatoms. The highest BCUT2D eigenvalue weighted by Gasteiger charge is 2.26. The summed E-state index contributed by atoms with van der Waals surface area (Å²) < 4.78 is 28.2. The molecule has 2 rings (SSSR count). The minimum atomic E-state index is -3.86. The largest absolute Gasteiger partial charge is 0.396 e. The summed E-state index contributed by atoms with van der Waals surface area (Å²) in [6.45, 7) is 1.30. The van der Waals surface area contributed by atoms with Gasteiger partial charge in [-0.15, -0.1) is 0 Å². The first kappa shape index (κ1) is 14.1. The van der Waals surface area contributed by atoms with Crippen LogP contribution in [0.15, 0.2) is 23.1 Å². The van der Waals surface area contributed by atoms with E-state index in [2.05, 4.69) is 0 Å². The number of anilines is 2. The van der Waals surface area contributed by atoms with Gasteiger partial charge in [0.15, 0.2) is 0 Å². The summed E-state index contributed by atoms with van der Waals surface area (Å²) in [4.78, 5) is 1.74. The zero-order chi connectivity index (χ0) is 14.0. The van der Waals surface area contributed by atoms with Crippen LogP contribution in [0, 0.1) is 0 Å². The Bertz CT molecular complexity index is 561. The second-order valence-electron chi connectivity index (χ2n) is 4.34. The summed E-state index contributed by atoms with van der Waals surface area (Å²) >= 11 is 0. The molecule has 1 atom stereocenters. The third-order valence-electron chi connectivity index (χ3n) is 3.10. The zero-order valence-electron chi connectivity index (χ0n) is 10.3. The molecule has 0 bridgehead atoms. The van der Waals surface area contributed by atoms with Crippen molar-refractivity contribution in [2.24, 2.45) is 5.14 Å².